The number of piperidine rings is 1. The SMILES string of the molecule is Cc1ccc(NC(=O)c2ccccc2)c(=O)n1CC(=O)N1CCC2(CC1)OCCO2. The Morgan fingerprint density at radius 1 is 1.03 bits per heavy atom. The minimum atomic E-state index is -0.550. The van der Waals surface area contributed by atoms with Gasteiger partial charge in [0.15, 0.2) is 5.79 Å². The summed E-state index contributed by atoms with van der Waals surface area (Å²) in [5, 5.41) is 2.65. The lowest BCUT2D eigenvalue weighted by molar-refractivity contribution is -0.187. The predicted molar refractivity (Wildman–Crippen MR) is 110 cm³/mol. The number of carbonyl (C=O) groups is 2. The number of likely N-dealkylation sites (tertiary alicyclic amines) is 1. The zero-order valence-corrected chi connectivity index (χ0v) is 16.9. The van der Waals surface area contributed by atoms with E-state index in [1.54, 1.807) is 48.2 Å². The molecule has 8 heteroatoms. The maximum Gasteiger partial charge on any atom is 0.274 e. The molecular weight excluding hydrogens is 386 g/mol. The fraction of sp³-hybridized carbons (Fsp3) is 0.409. The van der Waals surface area contributed by atoms with Crippen molar-refractivity contribution in [1.29, 1.82) is 0 Å². The highest BCUT2D eigenvalue weighted by atomic mass is 16.7. The summed E-state index contributed by atoms with van der Waals surface area (Å²) in [5.41, 5.74) is 0.858. The smallest absolute Gasteiger partial charge is 0.274 e. The number of amides is 2. The Labute approximate surface area is 174 Å². The Hall–Kier alpha value is -2.97. The van der Waals surface area contributed by atoms with Crippen molar-refractivity contribution in [3.8, 4) is 0 Å². The van der Waals surface area contributed by atoms with Crippen LogP contribution >= 0.6 is 0 Å². The van der Waals surface area contributed by atoms with E-state index in [0.717, 1.165) is 0 Å². The Bertz CT molecular complexity index is 986. The highest BCUT2D eigenvalue weighted by molar-refractivity contribution is 6.04. The summed E-state index contributed by atoms with van der Waals surface area (Å²) in [6.45, 7) is 3.92. The number of nitrogens with zero attached hydrogens (tertiary/aromatic N) is 2. The molecular formula is C22H25N3O5. The van der Waals surface area contributed by atoms with E-state index in [1.165, 1.54) is 4.57 Å². The fourth-order valence-corrected chi connectivity index (χ4v) is 3.86. The first kappa shape index (κ1) is 20.3. The number of aryl methyl sites for hydroxylation is 1. The van der Waals surface area contributed by atoms with Gasteiger partial charge in [0, 0.05) is 37.2 Å². The molecule has 0 aliphatic carbocycles. The minimum absolute atomic E-state index is 0.0750. The van der Waals surface area contributed by atoms with Crippen LogP contribution in [0.1, 0.15) is 28.9 Å². The van der Waals surface area contributed by atoms with Crippen molar-refractivity contribution in [2.75, 3.05) is 31.6 Å². The standard InChI is InChI=1S/C22H25N3O5/c1-16-7-8-18(23-20(27)17-5-3-2-4-6-17)21(28)25(16)15-19(26)24-11-9-22(10-12-24)29-13-14-30-22/h2-8H,9-15H2,1H3,(H,23,27). The molecule has 1 spiro atoms. The van der Waals surface area contributed by atoms with Gasteiger partial charge in [0.1, 0.15) is 12.2 Å². The van der Waals surface area contributed by atoms with Crippen LogP contribution in [0.5, 0.6) is 0 Å². The van der Waals surface area contributed by atoms with Gasteiger partial charge in [-0.15, -0.1) is 0 Å². The average Bonchev–Trinajstić information content (AvgIpc) is 3.22. The van der Waals surface area contributed by atoms with Crippen LogP contribution in [0.3, 0.4) is 0 Å². The summed E-state index contributed by atoms with van der Waals surface area (Å²) in [4.78, 5) is 39.9. The van der Waals surface area contributed by atoms with Crippen molar-refractivity contribution in [2.24, 2.45) is 0 Å². The Morgan fingerprint density at radius 3 is 2.37 bits per heavy atom. The van der Waals surface area contributed by atoms with E-state index in [2.05, 4.69) is 5.32 Å². The van der Waals surface area contributed by atoms with Crippen molar-refractivity contribution in [3.05, 3.63) is 64.1 Å². The summed E-state index contributed by atoms with van der Waals surface area (Å²) in [6.07, 6.45) is 1.25. The molecule has 30 heavy (non-hydrogen) atoms. The monoisotopic (exact) mass is 411 g/mol. The van der Waals surface area contributed by atoms with Crippen LogP contribution < -0.4 is 10.9 Å². The third-order valence-corrected chi connectivity index (χ3v) is 5.66. The lowest BCUT2D eigenvalue weighted by Crippen LogP contribution is -2.48. The van der Waals surface area contributed by atoms with Crippen LogP contribution in [-0.2, 0) is 20.8 Å². The van der Waals surface area contributed by atoms with Crippen LogP contribution in [0.15, 0.2) is 47.3 Å². The first-order valence-corrected chi connectivity index (χ1v) is 10.1. The van der Waals surface area contributed by atoms with Crippen molar-refractivity contribution in [1.82, 2.24) is 9.47 Å². The number of carbonyl (C=O) groups excluding carboxylic acids is 2. The summed E-state index contributed by atoms with van der Waals surface area (Å²) in [6, 6.07) is 12.0. The summed E-state index contributed by atoms with van der Waals surface area (Å²) < 4.78 is 12.8. The Morgan fingerprint density at radius 2 is 1.70 bits per heavy atom. The van der Waals surface area contributed by atoms with Crippen LogP contribution in [0, 0.1) is 6.92 Å². The molecule has 0 bridgehead atoms. The van der Waals surface area contributed by atoms with Gasteiger partial charge in [-0.05, 0) is 31.2 Å². The third-order valence-electron chi connectivity index (χ3n) is 5.66. The number of hydrogen-bond acceptors (Lipinski definition) is 5. The highest BCUT2D eigenvalue weighted by Crippen LogP contribution is 2.31. The zero-order valence-electron chi connectivity index (χ0n) is 16.9. The quantitative estimate of drug-likeness (QED) is 0.828. The maximum atomic E-state index is 12.9. The number of anilines is 1. The first-order chi connectivity index (χ1) is 14.5. The molecule has 2 aliphatic rings. The summed E-state index contributed by atoms with van der Waals surface area (Å²) in [5.74, 6) is -1.06. The molecule has 2 fully saturated rings. The second-order valence-corrected chi connectivity index (χ2v) is 7.59. The van der Waals surface area contributed by atoms with E-state index in [1.807, 2.05) is 6.07 Å². The lowest BCUT2D eigenvalue weighted by atomic mass is 10.0. The van der Waals surface area contributed by atoms with Crippen molar-refractivity contribution < 1.29 is 19.1 Å². The number of ether oxygens (including phenoxy) is 2. The van der Waals surface area contributed by atoms with Crippen molar-refractivity contribution >= 4 is 17.5 Å². The normalized spacial score (nSPS) is 17.8. The molecule has 1 N–H and O–H groups in total. The Kier molecular flexibility index (Phi) is 5.69. The highest BCUT2D eigenvalue weighted by Gasteiger charge is 2.40. The maximum absolute atomic E-state index is 12.9. The van der Waals surface area contributed by atoms with Gasteiger partial charge in [-0.3, -0.25) is 14.4 Å². The minimum Gasteiger partial charge on any atom is -0.347 e. The fourth-order valence-electron chi connectivity index (χ4n) is 3.86. The summed E-state index contributed by atoms with van der Waals surface area (Å²) in [7, 11) is 0. The second kappa shape index (κ2) is 8.41. The van der Waals surface area contributed by atoms with Crippen LogP contribution in [0.4, 0.5) is 5.69 Å². The molecule has 3 heterocycles. The molecule has 8 nitrogen and oxygen atoms in total. The molecule has 0 saturated carbocycles. The third kappa shape index (κ3) is 4.15. The number of nitrogens with one attached hydrogen (secondary N) is 1. The van der Waals surface area contributed by atoms with E-state index < -0.39 is 11.3 Å². The van der Waals surface area contributed by atoms with Gasteiger partial charge in [0.2, 0.25) is 5.91 Å². The predicted octanol–water partition coefficient (Wildman–Crippen LogP) is 1.77. The number of rotatable bonds is 4. The number of pyridine rings is 1. The molecule has 4 rings (SSSR count). The number of hydrogen-bond donors (Lipinski definition) is 1. The van der Waals surface area contributed by atoms with Gasteiger partial charge >= 0.3 is 0 Å². The zero-order chi connectivity index (χ0) is 21.1. The number of benzene rings is 1. The van der Waals surface area contributed by atoms with Crippen molar-refractivity contribution in [3.63, 3.8) is 0 Å². The molecule has 2 saturated heterocycles. The molecule has 158 valence electrons. The molecule has 2 aromatic rings. The van der Waals surface area contributed by atoms with Gasteiger partial charge in [0.25, 0.3) is 11.5 Å². The van der Waals surface area contributed by atoms with Gasteiger partial charge in [-0.25, -0.2) is 0 Å². The van der Waals surface area contributed by atoms with Gasteiger partial charge in [-0.2, -0.15) is 0 Å². The van der Waals surface area contributed by atoms with Gasteiger partial charge < -0.3 is 24.3 Å². The topological polar surface area (TPSA) is 89.9 Å². The molecule has 0 radical (unpaired) electrons. The van der Waals surface area contributed by atoms with E-state index in [0.29, 0.717) is 50.4 Å². The van der Waals surface area contributed by atoms with E-state index in [9.17, 15) is 14.4 Å². The molecule has 2 amide bonds. The molecule has 1 aromatic heterocycles. The van der Waals surface area contributed by atoms with E-state index in [-0.39, 0.29) is 24.0 Å². The molecule has 0 atom stereocenters. The average molecular weight is 411 g/mol. The molecule has 0 unspecified atom stereocenters. The lowest BCUT2D eigenvalue weighted by Gasteiger charge is -2.37. The number of aromatic nitrogens is 1. The molecule has 1 aromatic carbocycles. The molecule has 2 aliphatic heterocycles. The van der Waals surface area contributed by atoms with E-state index in [4.69, 9.17) is 9.47 Å². The van der Waals surface area contributed by atoms with Crippen LogP contribution in [0.2, 0.25) is 0 Å². The largest absolute Gasteiger partial charge is 0.347 e. The van der Waals surface area contributed by atoms with Gasteiger partial charge in [0.05, 0.1) is 13.2 Å². The second-order valence-electron chi connectivity index (χ2n) is 7.59. The summed E-state index contributed by atoms with van der Waals surface area (Å²) >= 11 is 0. The van der Waals surface area contributed by atoms with E-state index >= 15 is 0 Å². The Balaban J connectivity index is 1.45. The first-order valence-electron chi connectivity index (χ1n) is 10.1. The van der Waals surface area contributed by atoms with Gasteiger partial charge in [-0.1, -0.05) is 18.2 Å². The van der Waals surface area contributed by atoms with Crippen molar-refractivity contribution in [2.45, 2.75) is 32.1 Å². The van der Waals surface area contributed by atoms with Crippen LogP contribution in [0.25, 0.3) is 0 Å². The van der Waals surface area contributed by atoms with Crippen LogP contribution in [-0.4, -0.2) is 53.4 Å².